The minimum Gasteiger partial charge on any atom is -0.329 e. The van der Waals surface area contributed by atoms with Crippen molar-refractivity contribution in [2.24, 2.45) is 16.4 Å². The van der Waals surface area contributed by atoms with Crippen LogP contribution in [0, 0.1) is 17.2 Å². The molecule has 0 aliphatic heterocycles. The molecule has 0 amide bonds. The summed E-state index contributed by atoms with van der Waals surface area (Å²) in [6.45, 7) is 8.70. The van der Waals surface area contributed by atoms with Gasteiger partial charge in [-0.3, -0.25) is 5.43 Å². The van der Waals surface area contributed by atoms with Crippen molar-refractivity contribution in [3.63, 3.8) is 0 Å². The fraction of sp³-hybridized carbons (Fsp3) is 0.400. The summed E-state index contributed by atoms with van der Waals surface area (Å²) in [5, 5.41) is 7.29. The van der Waals surface area contributed by atoms with Gasteiger partial charge >= 0.3 is 0 Å². The van der Waals surface area contributed by atoms with Gasteiger partial charge in [0.2, 0.25) is 0 Å². The Kier molecular flexibility index (Phi) is 6.48. The van der Waals surface area contributed by atoms with Crippen molar-refractivity contribution < 1.29 is 4.39 Å². The summed E-state index contributed by atoms with van der Waals surface area (Å²) >= 11 is 5.15. The molecule has 0 bridgehead atoms. The maximum Gasteiger partial charge on any atom is 0.191 e. The number of halogens is 1. The predicted octanol–water partition coefficient (Wildman–Crippen LogP) is 5.43. The second kappa shape index (κ2) is 8.39. The van der Waals surface area contributed by atoms with Crippen LogP contribution in [-0.4, -0.2) is 10.8 Å². The van der Waals surface area contributed by atoms with Gasteiger partial charge in [0.15, 0.2) is 5.11 Å². The molecule has 0 spiro atoms. The number of benzene rings is 1. The number of hydrogen-bond donors (Lipinski definition) is 2. The molecule has 2 N–H and O–H groups in total. The molecule has 1 aliphatic carbocycles. The van der Waals surface area contributed by atoms with Gasteiger partial charge in [-0.1, -0.05) is 43.7 Å². The zero-order valence-electron chi connectivity index (χ0n) is 15.3. The SMILES string of the molecule is CC1=CCCC(C)(C)[C@H]1/C=C/C(C)=N\NC(=S)Nc1ccccc1F. The minimum absolute atomic E-state index is 0.255. The summed E-state index contributed by atoms with van der Waals surface area (Å²) in [6, 6.07) is 6.38. The minimum atomic E-state index is -0.353. The summed E-state index contributed by atoms with van der Waals surface area (Å²) in [4.78, 5) is 0. The molecule has 25 heavy (non-hydrogen) atoms. The van der Waals surface area contributed by atoms with E-state index < -0.39 is 0 Å². The summed E-state index contributed by atoms with van der Waals surface area (Å²) in [5.41, 5.74) is 5.55. The zero-order valence-corrected chi connectivity index (χ0v) is 16.1. The van der Waals surface area contributed by atoms with Crippen LogP contribution in [0.5, 0.6) is 0 Å². The summed E-state index contributed by atoms with van der Waals surface area (Å²) in [7, 11) is 0. The van der Waals surface area contributed by atoms with Gasteiger partial charge in [-0.15, -0.1) is 0 Å². The van der Waals surface area contributed by atoms with E-state index >= 15 is 0 Å². The highest BCUT2D eigenvalue weighted by molar-refractivity contribution is 7.80. The lowest BCUT2D eigenvalue weighted by molar-refractivity contribution is 0.255. The second-order valence-electron chi connectivity index (χ2n) is 7.11. The highest BCUT2D eigenvalue weighted by atomic mass is 32.1. The number of thiocarbonyl (C=S) groups is 1. The molecule has 0 heterocycles. The largest absolute Gasteiger partial charge is 0.329 e. The first kappa shape index (κ1) is 19.3. The maximum absolute atomic E-state index is 13.6. The van der Waals surface area contributed by atoms with E-state index in [1.165, 1.54) is 18.1 Å². The fourth-order valence-electron chi connectivity index (χ4n) is 3.11. The number of anilines is 1. The number of nitrogens with one attached hydrogen (secondary N) is 2. The summed E-state index contributed by atoms with van der Waals surface area (Å²) in [5.74, 6) is 0.0592. The Bertz CT molecular complexity index is 719. The third-order valence-corrected chi connectivity index (χ3v) is 4.77. The standard InChI is InChI=1S/C20H26FN3S/c1-14-8-7-13-20(3,4)16(14)12-11-15(2)23-24-19(25)22-18-10-6-5-9-17(18)21/h5-6,8-12,16H,7,13H2,1-4H3,(H2,22,24,25)/b12-11+,23-15-/t16-/m0/s1. The molecule has 0 saturated heterocycles. The molecular formula is C20H26FN3S. The van der Waals surface area contributed by atoms with Crippen molar-refractivity contribution in [1.29, 1.82) is 0 Å². The van der Waals surface area contributed by atoms with Crippen molar-refractivity contribution in [2.75, 3.05) is 5.32 Å². The quantitative estimate of drug-likeness (QED) is 0.326. The monoisotopic (exact) mass is 359 g/mol. The molecule has 5 heteroatoms. The first-order valence-electron chi connectivity index (χ1n) is 8.50. The van der Waals surface area contributed by atoms with E-state index in [9.17, 15) is 4.39 Å². The number of allylic oxidation sites excluding steroid dienone is 4. The Hall–Kier alpha value is -2.01. The highest BCUT2D eigenvalue weighted by Crippen LogP contribution is 2.41. The van der Waals surface area contributed by atoms with Crippen LogP contribution in [0.1, 0.15) is 40.5 Å². The van der Waals surface area contributed by atoms with Crippen molar-refractivity contribution in [1.82, 2.24) is 5.43 Å². The molecular weight excluding hydrogens is 333 g/mol. The van der Waals surface area contributed by atoms with E-state index in [1.807, 2.05) is 13.0 Å². The molecule has 2 rings (SSSR count). The molecule has 134 valence electrons. The Labute approximate surface area is 155 Å². The molecule has 1 aromatic rings. The number of rotatable bonds is 4. The molecule has 0 fully saturated rings. The van der Waals surface area contributed by atoms with E-state index in [0.29, 0.717) is 11.6 Å². The van der Waals surface area contributed by atoms with E-state index in [-0.39, 0.29) is 16.3 Å². The van der Waals surface area contributed by atoms with Gasteiger partial charge in [0.25, 0.3) is 0 Å². The lowest BCUT2D eigenvalue weighted by Gasteiger charge is -2.36. The van der Waals surface area contributed by atoms with Crippen LogP contribution < -0.4 is 10.7 Å². The fourth-order valence-corrected chi connectivity index (χ4v) is 3.26. The third kappa shape index (κ3) is 5.49. The molecule has 0 saturated carbocycles. The van der Waals surface area contributed by atoms with Gasteiger partial charge in [0.05, 0.1) is 11.4 Å². The molecule has 1 atom stereocenters. The second-order valence-corrected chi connectivity index (χ2v) is 7.52. The van der Waals surface area contributed by atoms with Gasteiger partial charge < -0.3 is 5.32 Å². The average Bonchev–Trinajstić information content (AvgIpc) is 2.54. The van der Waals surface area contributed by atoms with Gasteiger partial charge in [0.1, 0.15) is 5.82 Å². The number of hydrazone groups is 1. The van der Waals surface area contributed by atoms with Crippen LogP contribution in [0.2, 0.25) is 0 Å². The number of para-hydroxylation sites is 1. The first-order chi connectivity index (χ1) is 11.8. The Morgan fingerprint density at radius 1 is 1.36 bits per heavy atom. The highest BCUT2D eigenvalue weighted by Gasteiger charge is 2.30. The lowest BCUT2D eigenvalue weighted by atomic mass is 9.68. The summed E-state index contributed by atoms with van der Waals surface area (Å²) in [6.07, 6.45) is 8.86. The van der Waals surface area contributed by atoms with Gasteiger partial charge in [-0.25, -0.2) is 4.39 Å². The van der Waals surface area contributed by atoms with Crippen LogP contribution >= 0.6 is 12.2 Å². The van der Waals surface area contributed by atoms with Gasteiger partial charge in [-0.05, 0) is 62.5 Å². The Balaban J connectivity index is 1.95. The van der Waals surface area contributed by atoms with Crippen molar-refractivity contribution in [3.8, 4) is 0 Å². The molecule has 1 aliphatic rings. The molecule has 0 radical (unpaired) electrons. The van der Waals surface area contributed by atoms with Crippen molar-refractivity contribution >= 4 is 28.7 Å². The Morgan fingerprint density at radius 2 is 2.08 bits per heavy atom. The van der Waals surface area contributed by atoms with E-state index in [0.717, 1.165) is 12.1 Å². The van der Waals surface area contributed by atoms with Crippen LogP contribution in [0.25, 0.3) is 0 Å². The van der Waals surface area contributed by atoms with E-state index in [4.69, 9.17) is 12.2 Å². The lowest BCUT2D eigenvalue weighted by Crippen LogP contribution is -2.26. The van der Waals surface area contributed by atoms with E-state index in [1.54, 1.807) is 18.2 Å². The topological polar surface area (TPSA) is 36.4 Å². The first-order valence-corrected chi connectivity index (χ1v) is 8.91. The van der Waals surface area contributed by atoms with Crippen LogP contribution in [-0.2, 0) is 0 Å². The smallest absolute Gasteiger partial charge is 0.191 e. The molecule has 0 unspecified atom stereocenters. The number of nitrogens with zero attached hydrogens (tertiary/aromatic N) is 1. The third-order valence-electron chi connectivity index (χ3n) is 4.57. The Morgan fingerprint density at radius 3 is 2.76 bits per heavy atom. The van der Waals surface area contributed by atoms with Crippen molar-refractivity contribution in [3.05, 3.63) is 53.9 Å². The van der Waals surface area contributed by atoms with Gasteiger partial charge in [0, 0.05) is 5.92 Å². The van der Waals surface area contributed by atoms with Crippen molar-refractivity contribution in [2.45, 2.75) is 40.5 Å². The maximum atomic E-state index is 13.6. The van der Waals surface area contributed by atoms with Crippen LogP contribution in [0.3, 0.4) is 0 Å². The zero-order chi connectivity index (χ0) is 18.4. The predicted molar refractivity (Wildman–Crippen MR) is 108 cm³/mol. The summed E-state index contributed by atoms with van der Waals surface area (Å²) < 4.78 is 13.6. The molecule has 3 nitrogen and oxygen atoms in total. The molecule has 1 aromatic carbocycles. The van der Waals surface area contributed by atoms with E-state index in [2.05, 4.69) is 48.8 Å². The van der Waals surface area contributed by atoms with Gasteiger partial charge in [-0.2, -0.15) is 5.10 Å². The average molecular weight is 360 g/mol. The number of hydrogen-bond acceptors (Lipinski definition) is 2. The van der Waals surface area contributed by atoms with Crippen LogP contribution in [0.4, 0.5) is 10.1 Å². The normalized spacial score (nSPS) is 20.3. The molecule has 0 aromatic heterocycles. The van der Waals surface area contributed by atoms with Crippen LogP contribution in [0.15, 0.2) is 53.2 Å².